The van der Waals surface area contributed by atoms with Gasteiger partial charge < -0.3 is 10.0 Å². The first kappa shape index (κ1) is 13.3. The molecular weight excluding hydrogens is 250 g/mol. The van der Waals surface area contributed by atoms with Gasteiger partial charge in [-0.2, -0.15) is 0 Å². The minimum atomic E-state index is -0.878. The summed E-state index contributed by atoms with van der Waals surface area (Å²) in [5.41, 5.74) is 0.619. The van der Waals surface area contributed by atoms with Gasteiger partial charge in [0.25, 0.3) is 0 Å². The summed E-state index contributed by atoms with van der Waals surface area (Å²) >= 11 is 1.28. The summed E-state index contributed by atoms with van der Waals surface area (Å²) in [6.07, 6.45) is 0. The number of carboxylic acid groups (broad SMARTS) is 1. The first-order valence-electron chi connectivity index (χ1n) is 6.22. The molecule has 1 N–H and O–H groups in total. The van der Waals surface area contributed by atoms with E-state index in [9.17, 15) is 4.79 Å². The van der Waals surface area contributed by atoms with Crippen molar-refractivity contribution in [3.63, 3.8) is 0 Å². The van der Waals surface area contributed by atoms with Gasteiger partial charge in [-0.05, 0) is 20.4 Å². The molecule has 0 amide bonds. The lowest BCUT2D eigenvalue weighted by atomic mass is 10.2. The van der Waals surface area contributed by atoms with E-state index in [0.29, 0.717) is 16.6 Å². The Morgan fingerprint density at radius 2 is 2.28 bits per heavy atom. The van der Waals surface area contributed by atoms with E-state index in [4.69, 9.17) is 5.11 Å². The molecule has 1 atom stereocenters. The van der Waals surface area contributed by atoms with Crippen LogP contribution in [0.4, 0.5) is 5.13 Å². The molecular formula is C12H19N3O2S. The summed E-state index contributed by atoms with van der Waals surface area (Å²) in [7, 11) is 0. The van der Waals surface area contributed by atoms with Gasteiger partial charge in [-0.3, -0.25) is 4.90 Å². The Morgan fingerprint density at radius 3 is 2.78 bits per heavy atom. The molecule has 2 rings (SSSR count). The number of anilines is 1. The summed E-state index contributed by atoms with van der Waals surface area (Å²) in [4.78, 5) is 20.4. The van der Waals surface area contributed by atoms with Crippen molar-refractivity contribution in [3.05, 3.63) is 10.6 Å². The molecule has 0 spiro atoms. The lowest BCUT2D eigenvalue weighted by Crippen LogP contribution is -2.51. The molecule has 1 unspecified atom stereocenters. The van der Waals surface area contributed by atoms with Crippen molar-refractivity contribution in [3.8, 4) is 0 Å². The van der Waals surface area contributed by atoms with E-state index in [1.165, 1.54) is 11.3 Å². The second kappa shape index (κ2) is 5.24. The molecule has 1 aliphatic heterocycles. The smallest absolute Gasteiger partial charge is 0.347 e. The molecule has 5 nitrogen and oxygen atoms in total. The molecule has 0 aliphatic carbocycles. The molecule has 6 heteroatoms. The Balaban J connectivity index is 2.13. The van der Waals surface area contributed by atoms with Gasteiger partial charge in [0.15, 0.2) is 5.13 Å². The molecule has 1 saturated heterocycles. The zero-order valence-electron chi connectivity index (χ0n) is 11.0. The molecule has 1 aliphatic rings. The minimum absolute atomic E-state index is 0.357. The van der Waals surface area contributed by atoms with Crippen molar-refractivity contribution in [2.75, 3.05) is 31.1 Å². The standard InChI is InChI=1S/C12H19N3O2S/c1-4-14-5-6-15(7-8(14)2)12-13-9(3)10(18-12)11(16)17/h8H,4-7H2,1-3H3,(H,16,17). The molecule has 0 saturated carbocycles. The highest BCUT2D eigenvalue weighted by Gasteiger charge is 2.25. The maximum absolute atomic E-state index is 11.0. The Hall–Kier alpha value is -1.14. The van der Waals surface area contributed by atoms with Crippen molar-refractivity contribution >= 4 is 22.4 Å². The SMILES string of the molecule is CCN1CCN(c2nc(C)c(C(=O)O)s2)CC1C. The quantitative estimate of drug-likeness (QED) is 0.904. The Labute approximate surface area is 111 Å². The summed E-state index contributed by atoms with van der Waals surface area (Å²) in [5, 5.41) is 9.89. The first-order chi connectivity index (χ1) is 8.52. The highest BCUT2D eigenvalue weighted by Crippen LogP contribution is 2.27. The third-order valence-electron chi connectivity index (χ3n) is 3.42. The van der Waals surface area contributed by atoms with Crippen LogP contribution in [0.25, 0.3) is 0 Å². The molecule has 2 heterocycles. The van der Waals surface area contributed by atoms with Crippen LogP contribution in [0.1, 0.15) is 29.2 Å². The molecule has 1 aromatic heterocycles. The number of aryl methyl sites for hydroxylation is 1. The fraction of sp³-hybridized carbons (Fsp3) is 0.667. The molecule has 1 aromatic rings. The zero-order valence-corrected chi connectivity index (χ0v) is 11.8. The van der Waals surface area contributed by atoms with E-state index < -0.39 is 5.97 Å². The number of hydrogen-bond donors (Lipinski definition) is 1. The second-order valence-electron chi connectivity index (χ2n) is 4.64. The van der Waals surface area contributed by atoms with Crippen LogP contribution in [0.5, 0.6) is 0 Å². The van der Waals surface area contributed by atoms with Crippen LogP contribution in [-0.4, -0.2) is 53.2 Å². The lowest BCUT2D eigenvalue weighted by Gasteiger charge is -2.39. The molecule has 1 fully saturated rings. The maximum atomic E-state index is 11.0. The van der Waals surface area contributed by atoms with E-state index >= 15 is 0 Å². The van der Waals surface area contributed by atoms with Gasteiger partial charge in [-0.1, -0.05) is 18.3 Å². The fourth-order valence-corrected chi connectivity index (χ4v) is 3.30. The third kappa shape index (κ3) is 2.49. The highest BCUT2D eigenvalue weighted by molar-refractivity contribution is 7.17. The van der Waals surface area contributed by atoms with Crippen LogP contribution < -0.4 is 4.90 Å². The monoisotopic (exact) mass is 269 g/mol. The molecule has 18 heavy (non-hydrogen) atoms. The first-order valence-corrected chi connectivity index (χ1v) is 7.04. The Kier molecular flexibility index (Phi) is 3.87. The number of likely N-dealkylation sites (N-methyl/N-ethyl adjacent to an activating group) is 1. The topological polar surface area (TPSA) is 56.7 Å². The van der Waals surface area contributed by atoms with Crippen LogP contribution in [0.2, 0.25) is 0 Å². The number of carbonyl (C=O) groups is 1. The average molecular weight is 269 g/mol. The zero-order chi connectivity index (χ0) is 13.3. The van der Waals surface area contributed by atoms with Crippen LogP contribution in [0.15, 0.2) is 0 Å². The van der Waals surface area contributed by atoms with Crippen molar-refractivity contribution in [2.45, 2.75) is 26.8 Å². The molecule has 0 aromatic carbocycles. The van der Waals surface area contributed by atoms with E-state index in [1.54, 1.807) is 6.92 Å². The van der Waals surface area contributed by atoms with Crippen molar-refractivity contribution < 1.29 is 9.90 Å². The number of nitrogens with zero attached hydrogens (tertiary/aromatic N) is 3. The number of rotatable bonds is 3. The largest absolute Gasteiger partial charge is 0.477 e. The van der Waals surface area contributed by atoms with Gasteiger partial charge >= 0.3 is 5.97 Å². The molecule has 100 valence electrons. The Bertz CT molecular complexity index is 447. The van der Waals surface area contributed by atoms with Crippen LogP contribution in [0, 0.1) is 6.92 Å². The molecule has 0 bridgehead atoms. The number of piperazine rings is 1. The average Bonchev–Trinajstić information content (AvgIpc) is 2.71. The van der Waals surface area contributed by atoms with Crippen molar-refractivity contribution in [1.29, 1.82) is 0 Å². The number of carboxylic acids is 1. The van der Waals surface area contributed by atoms with Crippen molar-refractivity contribution in [1.82, 2.24) is 9.88 Å². The van der Waals surface area contributed by atoms with Gasteiger partial charge in [0.1, 0.15) is 4.88 Å². The predicted molar refractivity (Wildman–Crippen MR) is 72.7 cm³/mol. The maximum Gasteiger partial charge on any atom is 0.347 e. The van der Waals surface area contributed by atoms with Gasteiger partial charge in [0.2, 0.25) is 0 Å². The normalized spacial score (nSPS) is 21.3. The second-order valence-corrected chi connectivity index (χ2v) is 5.62. The fourth-order valence-electron chi connectivity index (χ4n) is 2.35. The van der Waals surface area contributed by atoms with E-state index in [1.807, 2.05) is 0 Å². The number of aromatic nitrogens is 1. The van der Waals surface area contributed by atoms with Gasteiger partial charge in [-0.25, -0.2) is 9.78 Å². The summed E-state index contributed by atoms with van der Waals surface area (Å²) in [5.74, 6) is -0.878. The summed E-state index contributed by atoms with van der Waals surface area (Å²) in [6.45, 7) is 10.0. The van der Waals surface area contributed by atoms with E-state index in [-0.39, 0.29) is 0 Å². The third-order valence-corrected chi connectivity index (χ3v) is 4.63. The lowest BCUT2D eigenvalue weighted by molar-refractivity contribution is 0.0701. The number of hydrogen-bond acceptors (Lipinski definition) is 5. The predicted octanol–water partition coefficient (Wildman–Crippen LogP) is 1.68. The van der Waals surface area contributed by atoms with Gasteiger partial charge in [0, 0.05) is 25.7 Å². The van der Waals surface area contributed by atoms with Crippen LogP contribution in [-0.2, 0) is 0 Å². The molecule has 0 radical (unpaired) electrons. The van der Waals surface area contributed by atoms with Crippen LogP contribution >= 0.6 is 11.3 Å². The number of thiazole rings is 1. The summed E-state index contributed by atoms with van der Waals surface area (Å²) in [6, 6.07) is 0.487. The summed E-state index contributed by atoms with van der Waals surface area (Å²) < 4.78 is 0. The van der Waals surface area contributed by atoms with Crippen LogP contribution in [0.3, 0.4) is 0 Å². The van der Waals surface area contributed by atoms with Gasteiger partial charge in [-0.15, -0.1) is 0 Å². The minimum Gasteiger partial charge on any atom is -0.477 e. The van der Waals surface area contributed by atoms with E-state index in [2.05, 4.69) is 28.6 Å². The van der Waals surface area contributed by atoms with E-state index in [0.717, 1.165) is 31.3 Å². The van der Waals surface area contributed by atoms with Gasteiger partial charge in [0.05, 0.1) is 5.69 Å². The highest BCUT2D eigenvalue weighted by atomic mass is 32.1. The van der Waals surface area contributed by atoms with Crippen molar-refractivity contribution in [2.24, 2.45) is 0 Å². The Morgan fingerprint density at radius 1 is 1.56 bits per heavy atom. The number of aromatic carboxylic acids is 1.